The first-order valence-corrected chi connectivity index (χ1v) is 11.2. The third-order valence-electron chi connectivity index (χ3n) is 5.74. The number of carbonyl (C=O) groups is 1. The molecule has 32 heavy (non-hydrogen) atoms. The number of nitrogens with zero attached hydrogens (tertiary/aromatic N) is 2. The number of methoxy groups -OCH3 is 2. The highest BCUT2D eigenvalue weighted by Gasteiger charge is 2.16. The van der Waals surface area contributed by atoms with Gasteiger partial charge in [0.05, 0.1) is 20.8 Å². The molecule has 0 spiro atoms. The van der Waals surface area contributed by atoms with E-state index in [4.69, 9.17) is 14.2 Å². The average molecular weight is 442 g/mol. The molecule has 1 aliphatic heterocycles. The standard InChI is InChI=1S/C25H35N3O4/c1-30-23-5-3-4-21(18-23)8-9-26-20-22-6-7-24(31-2)25(19-22)32-17-15-28-12-10-27(11-13-28)14-16-29/h3-7,16,18-19,26H,8-15,17,20H2,1-2H3. The molecule has 0 aliphatic carbocycles. The van der Waals surface area contributed by atoms with E-state index in [0.717, 1.165) is 81.3 Å². The van der Waals surface area contributed by atoms with Crippen LogP contribution in [0.25, 0.3) is 0 Å². The lowest BCUT2D eigenvalue weighted by atomic mass is 10.1. The lowest BCUT2D eigenvalue weighted by Crippen LogP contribution is -2.47. The topological polar surface area (TPSA) is 63.3 Å². The average Bonchev–Trinajstić information content (AvgIpc) is 2.83. The number of benzene rings is 2. The van der Waals surface area contributed by atoms with E-state index in [1.807, 2.05) is 18.2 Å². The Labute approximate surface area is 191 Å². The molecule has 7 heteroatoms. The summed E-state index contributed by atoms with van der Waals surface area (Å²) >= 11 is 0. The predicted octanol–water partition coefficient (Wildman–Crippen LogP) is 2.23. The van der Waals surface area contributed by atoms with Crippen molar-refractivity contribution in [1.29, 1.82) is 0 Å². The molecule has 0 atom stereocenters. The lowest BCUT2D eigenvalue weighted by Gasteiger charge is -2.33. The minimum atomic E-state index is 0.530. The Morgan fingerprint density at radius 3 is 2.50 bits per heavy atom. The highest BCUT2D eigenvalue weighted by Crippen LogP contribution is 2.28. The Morgan fingerprint density at radius 1 is 0.938 bits per heavy atom. The molecule has 2 aromatic rings. The number of nitrogens with one attached hydrogen (secondary N) is 1. The summed E-state index contributed by atoms with van der Waals surface area (Å²) in [6.45, 7) is 7.43. The molecule has 0 radical (unpaired) electrons. The monoisotopic (exact) mass is 441 g/mol. The van der Waals surface area contributed by atoms with Crippen molar-refractivity contribution in [3.63, 3.8) is 0 Å². The van der Waals surface area contributed by atoms with Gasteiger partial charge >= 0.3 is 0 Å². The lowest BCUT2D eigenvalue weighted by molar-refractivity contribution is -0.109. The first-order valence-electron chi connectivity index (χ1n) is 11.2. The van der Waals surface area contributed by atoms with Crippen LogP contribution in [0.1, 0.15) is 11.1 Å². The maximum atomic E-state index is 10.6. The van der Waals surface area contributed by atoms with Gasteiger partial charge in [0.1, 0.15) is 18.6 Å². The molecule has 2 aromatic carbocycles. The van der Waals surface area contributed by atoms with E-state index in [9.17, 15) is 4.79 Å². The van der Waals surface area contributed by atoms with Gasteiger partial charge in [0.25, 0.3) is 0 Å². The molecule has 0 unspecified atom stereocenters. The Bertz CT molecular complexity index is 838. The van der Waals surface area contributed by atoms with Crippen molar-refractivity contribution in [2.24, 2.45) is 0 Å². The van der Waals surface area contributed by atoms with Crippen molar-refractivity contribution in [2.75, 3.05) is 66.6 Å². The Morgan fingerprint density at radius 2 is 1.75 bits per heavy atom. The van der Waals surface area contributed by atoms with Crippen molar-refractivity contribution >= 4 is 6.29 Å². The highest BCUT2D eigenvalue weighted by atomic mass is 16.5. The number of hydrogen-bond donors (Lipinski definition) is 1. The minimum absolute atomic E-state index is 0.530. The largest absolute Gasteiger partial charge is 0.497 e. The van der Waals surface area contributed by atoms with E-state index in [0.29, 0.717) is 13.2 Å². The summed E-state index contributed by atoms with van der Waals surface area (Å²) in [6.07, 6.45) is 1.92. The number of piperazine rings is 1. The molecular formula is C25H35N3O4. The van der Waals surface area contributed by atoms with Gasteiger partial charge in [-0.3, -0.25) is 9.80 Å². The van der Waals surface area contributed by atoms with E-state index >= 15 is 0 Å². The van der Waals surface area contributed by atoms with Crippen LogP contribution in [0.3, 0.4) is 0 Å². The van der Waals surface area contributed by atoms with Crippen LogP contribution >= 0.6 is 0 Å². The summed E-state index contributed by atoms with van der Waals surface area (Å²) < 4.78 is 16.8. The normalized spacial score (nSPS) is 14.8. The first kappa shape index (κ1) is 24.0. The second-order valence-electron chi connectivity index (χ2n) is 7.92. The molecular weight excluding hydrogens is 406 g/mol. The Balaban J connectivity index is 1.42. The SMILES string of the molecule is COc1cccc(CCNCc2ccc(OC)c(OCCN3CCN(CC=O)CC3)c2)c1. The summed E-state index contributed by atoms with van der Waals surface area (Å²) in [5.74, 6) is 2.42. The number of rotatable bonds is 13. The van der Waals surface area contributed by atoms with Crippen LogP contribution in [-0.2, 0) is 17.8 Å². The maximum absolute atomic E-state index is 10.6. The fourth-order valence-corrected chi connectivity index (χ4v) is 3.82. The Hall–Kier alpha value is -2.61. The molecule has 1 aliphatic rings. The van der Waals surface area contributed by atoms with E-state index < -0.39 is 0 Å². The Kier molecular flexibility index (Phi) is 9.81. The van der Waals surface area contributed by atoms with Crippen molar-refractivity contribution in [3.05, 3.63) is 53.6 Å². The van der Waals surface area contributed by atoms with Crippen LogP contribution in [-0.4, -0.2) is 82.7 Å². The molecule has 0 bridgehead atoms. The summed E-state index contributed by atoms with van der Waals surface area (Å²) in [5, 5.41) is 3.50. The van der Waals surface area contributed by atoms with Gasteiger partial charge in [-0.05, 0) is 48.4 Å². The molecule has 0 aromatic heterocycles. The fourth-order valence-electron chi connectivity index (χ4n) is 3.82. The minimum Gasteiger partial charge on any atom is -0.497 e. The van der Waals surface area contributed by atoms with Gasteiger partial charge < -0.3 is 24.3 Å². The molecule has 7 nitrogen and oxygen atoms in total. The number of aldehydes is 1. The van der Waals surface area contributed by atoms with Gasteiger partial charge in [0.2, 0.25) is 0 Å². The van der Waals surface area contributed by atoms with E-state index in [2.05, 4.69) is 39.4 Å². The van der Waals surface area contributed by atoms with Gasteiger partial charge in [0, 0.05) is 39.3 Å². The fraction of sp³-hybridized carbons (Fsp3) is 0.480. The summed E-state index contributed by atoms with van der Waals surface area (Å²) in [4.78, 5) is 15.2. The molecule has 0 saturated carbocycles. The number of carbonyl (C=O) groups excluding carboxylic acids is 1. The van der Waals surface area contributed by atoms with Crippen molar-refractivity contribution in [1.82, 2.24) is 15.1 Å². The third-order valence-corrected chi connectivity index (χ3v) is 5.74. The molecule has 3 rings (SSSR count). The second kappa shape index (κ2) is 13.1. The molecule has 1 heterocycles. The predicted molar refractivity (Wildman–Crippen MR) is 126 cm³/mol. The maximum Gasteiger partial charge on any atom is 0.161 e. The van der Waals surface area contributed by atoms with Crippen LogP contribution in [0.5, 0.6) is 17.2 Å². The van der Waals surface area contributed by atoms with E-state index in [1.165, 1.54) is 5.56 Å². The van der Waals surface area contributed by atoms with Crippen molar-refractivity contribution in [2.45, 2.75) is 13.0 Å². The summed E-state index contributed by atoms with van der Waals surface area (Å²) in [6, 6.07) is 14.3. The molecule has 174 valence electrons. The smallest absolute Gasteiger partial charge is 0.161 e. The van der Waals surface area contributed by atoms with Crippen LogP contribution in [0.15, 0.2) is 42.5 Å². The van der Waals surface area contributed by atoms with Crippen LogP contribution < -0.4 is 19.5 Å². The van der Waals surface area contributed by atoms with E-state index in [1.54, 1.807) is 14.2 Å². The third kappa shape index (κ3) is 7.51. The van der Waals surface area contributed by atoms with Gasteiger partial charge in [-0.1, -0.05) is 18.2 Å². The van der Waals surface area contributed by atoms with Crippen LogP contribution in [0.4, 0.5) is 0 Å². The first-order chi connectivity index (χ1) is 15.7. The van der Waals surface area contributed by atoms with Crippen molar-refractivity contribution in [3.8, 4) is 17.2 Å². The zero-order valence-electron chi connectivity index (χ0n) is 19.2. The molecule has 0 amide bonds. The molecule has 1 fully saturated rings. The van der Waals surface area contributed by atoms with Crippen molar-refractivity contribution < 1.29 is 19.0 Å². The van der Waals surface area contributed by atoms with Gasteiger partial charge in [0.15, 0.2) is 11.5 Å². The van der Waals surface area contributed by atoms with Gasteiger partial charge in [-0.2, -0.15) is 0 Å². The zero-order chi connectivity index (χ0) is 22.6. The van der Waals surface area contributed by atoms with Crippen LogP contribution in [0, 0.1) is 0 Å². The number of ether oxygens (including phenoxy) is 3. The van der Waals surface area contributed by atoms with Gasteiger partial charge in [-0.15, -0.1) is 0 Å². The molecule has 1 N–H and O–H groups in total. The highest BCUT2D eigenvalue weighted by molar-refractivity contribution is 5.52. The van der Waals surface area contributed by atoms with Crippen LogP contribution in [0.2, 0.25) is 0 Å². The van der Waals surface area contributed by atoms with Gasteiger partial charge in [-0.25, -0.2) is 0 Å². The quantitative estimate of drug-likeness (QED) is 0.378. The number of hydrogen-bond acceptors (Lipinski definition) is 7. The zero-order valence-corrected chi connectivity index (χ0v) is 19.2. The summed E-state index contributed by atoms with van der Waals surface area (Å²) in [7, 11) is 3.36. The second-order valence-corrected chi connectivity index (χ2v) is 7.92. The molecule has 1 saturated heterocycles. The summed E-state index contributed by atoms with van der Waals surface area (Å²) in [5.41, 5.74) is 2.41. The van der Waals surface area contributed by atoms with E-state index in [-0.39, 0.29) is 0 Å².